The molecular weight excluding hydrogens is 545 g/mol. The molecule has 1 atom stereocenters. The van der Waals surface area contributed by atoms with Crippen LogP contribution in [0, 0.1) is 6.92 Å². The predicted molar refractivity (Wildman–Crippen MR) is 152 cm³/mol. The Hall–Kier alpha value is -3.07. The fourth-order valence-electron chi connectivity index (χ4n) is 3.84. The molecule has 0 aliphatic rings. The van der Waals surface area contributed by atoms with Crippen LogP contribution in [0.15, 0.2) is 77.7 Å². The molecule has 0 aliphatic heterocycles. The molecule has 1 N–H and O–H groups in total. The molecule has 202 valence electrons. The molecule has 2 amide bonds. The van der Waals surface area contributed by atoms with Gasteiger partial charge in [-0.3, -0.25) is 13.9 Å². The minimum Gasteiger partial charge on any atom is -0.354 e. The maximum absolute atomic E-state index is 13.9. The maximum Gasteiger partial charge on any atom is 0.264 e. The summed E-state index contributed by atoms with van der Waals surface area (Å²) in [6, 6.07) is 18.9. The van der Waals surface area contributed by atoms with E-state index in [9.17, 15) is 18.0 Å². The van der Waals surface area contributed by atoms with Gasteiger partial charge in [0.15, 0.2) is 0 Å². The van der Waals surface area contributed by atoms with Crippen LogP contribution in [-0.2, 0) is 26.2 Å². The van der Waals surface area contributed by atoms with Gasteiger partial charge in [0.25, 0.3) is 10.0 Å². The number of sulfonamides is 1. The molecule has 0 bridgehead atoms. The molecule has 0 radical (unpaired) electrons. The number of halogens is 2. The number of benzene rings is 3. The molecule has 0 fully saturated rings. The monoisotopic (exact) mass is 575 g/mol. The minimum absolute atomic E-state index is 0.0121. The average molecular weight is 577 g/mol. The Morgan fingerprint density at radius 3 is 2.24 bits per heavy atom. The lowest BCUT2D eigenvalue weighted by molar-refractivity contribution is -0.139. The smallest absolute Gasteiger partial charge is 0.264 e. The molecule has 10 heteroatoms. The minimum atomic E-state index is -4.17. The van der Waals surface area contributed by atoms with Crippen LogP contribution in [0.4, 0.5) is 5.69 Å². The summed E-state index contributed by atoms with van der Waals surface area (Å²) in [5.41, 5.74) is 1.98. The summed E-state index contributed by atoms with van der Waals surface area (Å²) in [6.07, 6.45) is 0.741. The lowest BCUT2D eigenvalue weighted by Gasteiger charge is -2.32. The summed E-state index contributed by atoms with van der Waals surface area (Å²) in [7, 11) is -4.17. The number of hydrogen-bond acceptors (Lipinski definition) is 4. The van der Waals surface area contributed by atoms with Gasteiger partial charge in [-0.25, -0.2) is 8.42 Å². The van der Waals surface area contributed by atoms with Gasteiger partial charge >= 0.3 is 0 Å². The Labute approximate surface area is 234 Å². The molecule has 3 aromatic carbocycles. The topological polar surface area (TPSA) is 86.8 Å². The van der Waals surface area contributed by atoms with Gasteiger partial charge in [-0.1, -0.05) is 72.6 Å². The lowest BCUT2D eigenvalue weighted by Crippen LogP contribution is -2.51. The van der Waals surface area contributed by atoms with Crippen molar-refractivity contribution in [3.8, 4) is 0 Å². The van der Waals surface area contributed by atoms with Crippen molar-refractivity contribution in [3.05, 3.63) is 94.0 Å². The van der Waals surface area contributed by atoms with Gasteiger partial charge in [-0.2, -0.15) is 0 Å². The van der Waals surface area contributed by atoms with Crippen molar-refractivity contribution in [2.24, 2.45) is 0 Å². The molecule has 0 unspecified atom stereocenters. The normalized spacial score (nSPS) is 12.0. The third kappa shape index (κ3) is 7.07. The van der Waals surface area contributed by atoms with E-state index < -0.39 is 28.5 Å². The molecule has 7 nitrogen and oxygen atoms in total. The zero-order valence-electron chi connectivity index (χ0n) is 21.5. The molecule has 3 aromatic rings. The zero-order valence-corrected chi connectivity index (χ0v) is 23.9. The molecule has 3 rings (SSSR count). The largest absolute Gasteiger partial charge is 0.354 e. The standard InChI is InChI=1S/C28H31Cl2N3O4S/c1-4-16-31-28(35)21(3)32(18-22-11-9-8-10-20(22)2)27(34)19-33(23-14-15-25(29)26(30)17-23)38(36,37)24-12-6-5-7-13-24/h5-15,17,21H,4,16,18-19H2,1-3H3,(H,31,35)/t21-/m1/s1. The Bertz CT molecular complexity index is 1380. The van der Waals surface area contributed by atoms with Gasteiger partial charge in [0.2, 0.25) is 11.8 Å². The molecule has 0 saturated heterocycles. The first-order chi connectivity index (χ1) is 18.1. The van der Waals surface area contributed by atoms with E-state index in [1.54, 1.807) is 25.1 Å². The van der Waals surface area contributed by atoms with Crippen LogP contribution in [-0.4, -0.2) is 44.3 Å². The summed E-state index contributed by atoms with van der Waals surface area (Å²) >= 11 is 12.3. The molecule has 0 heterocycles. The number of nitrogens with zero attached hydrogens (tertiary/aromatic N) is 2. The Kier molecular flexibility index (Phi) is 10.2. The number of hydrogen-bond donors (Lipinski definition) is 1. The summed E-state index contributed by atoms with van der Waals surface area (Å²) in [6.45, 7) is 5.54. The number of carbonyl (C=O) groups excluding carboxylic acids is 2. The molecule has 0 saturated carbocycles. The number of aryl methyl sites for hydroxylation is 1. The van der Waals surface area contributed by atoms with Gasteiger partial charge in [-0.05, 0) is 61.7 Å². The summed E-state index contributed by atoms with van der Waals surface area (Å²) in [5.74, 6) is -0.862. The summed E-state index contributed by atoms with van der Waals surface area (Å²) in [4.78, 5) is 28.2. The molecule has 38 heavy (non-hydrogen) atoms. The van der Waals surface area contributed by atoms with Crippen molar-refractivity contribution < 1.29 is 18.0 Å². The van der Waals surface area contributed by atoms with Gasteiger partial charge in [-0.15, -0.1) is 0 Å². The van der Waals surface area contributed by atoms with Crippen molar-refractivity contribution in [2.75, 3.05) is 17.4 Å². The first kappa shape index (κ1) is 29.5. The van der Waals surface area contributed by atoms with Gasteiger partial charge in [0.05, 0.1) is 20.6 Å². The van der Waals surface area contributed by atoms with Crippen LogP contribution in [0.5, 0.6) is 0 Å². The van der Waals surface area contributed by atoms with Gasteiger partial charge in [0, 0.05) is 13.1 Å². The number of anilines is 1. The second-order valence-electron chi connectivity index (χ2n) is 8.84. The average Bonchev–Trinajstić information content (AvgIpc) is 2.91. The molecule has 0 aromatic heterocycles. The molecule has 0 aliphatic carbocycles. The van der Waals surface area contributed by atoms with Crippen molar-refractivity contribution in [1.29, 1.82) is 0 Å². The van der Waals surface area contributed by atoms with E-state index >= 15 is 0 Å². The van der Waals surface area contributed by atoms with E-state index in [0.29, 0.717) is 6.54 Å². The molecular formula is C28H31Cl2N3O4S. The second-order valence-corrected chi connectivity index (χ2v) is 11.5. The van der Waals surface area contributed by atoms with Crippen LogP contribution < -0.4 is 9.62 Å². The third-order valence-electron chi connectivity index (χ3n) is 6.12. The first-order valence-electron chi connectivity index (χ1n) is 12.2. The van der Waals surface area contributed by atoms with Crippen LogP contribution in [0.1, 0.15) is 31.4 Å². The van der Waals surface area contributed by atoms with Crippen LogP contribution in [0.2, 0.25) is 10.0 Å². The summed E-state index contributed by atoms with van der Waals surface area (Å²) < 4.78 is 28.5. The van der Waals surface area contributed by atoms with E-state index in [4.69, 9.17) is 23.2 Å². The highest BCUT2D eigenvalue weighted by atomic mass is 35.5. The maximum atomic E-state index is 13.9. The Balaban J connectivity index is 2.04. The Morgan fingerprint density at radius 2 is 1.61 bits per heavy atom. The van der Waals surface area contributed by atoms with Crippen LogP contribution in [0.25, 0.3) is 0 Å². The number of carbonyl (C=O) groups is 2. The highest BCUT2D eigenvalue weighted by molar-refractivity contribution is 7.92. The van der Waals surface area contributed by atoms with Crippen LogP contribution >= 0.6 is 23.2 Å². The predicted octanol–water partition coefficient (Wildman–Crippen LogP) is 5.44. The number of nitrogens with one attached hydrogen (secondary N) is 1. The van der Waals surface area contributed by atoms with Crippen LogP contribution in [0.3, 0.4) is 0 Å². The van der Waals surface area contributed by atoms with Gasteiger partial charge < -0.3 is 10.2 Å². The van der Waals surface area contributed by atoms with Crippen molar-refractivity contribution >= 4 is 50.7 Å². The molecule has 0 spiro atoms. The first-order valence-corrected chi connectivity index (χ1v) is 14.4. The highest BCUT2D eigenvalue weighted by Gasteiger charge is 2.32. The number of rotatable bonds is 11. The van der Waals surface area contributed by atoms with E-state index in [0.717, 1.165) is 21.9 Å². The van der Waals surface area contributed by atoms with E-state index in [1.165, 1.54) is 35.2 Å². The van der Waals surface area contributed by atoms with Crippen molar-refractivity contribution in [1.82, 2.24) is 10.2 Å². The fraction of sp³-hybridized carbons (Fsp3) is 0.286. The Morgan fingerprint density at radius 1 is 0.947 bits per heavy atom. The SMILES string of the molecule is CCCNC(=O)[C@@H](C)N(Cc1ccccc1C)C(=O)CN(c1ccc(Cl)c(Cl)c1)S(=O)(=O)c1ccccc1. The van der Waals surface area contributed by atoms with E-state index in [1.807, 2.05) is 38.1 Å². The van der Waals surface area contributed by atoms with E-state index in [2.05, 4.69) is 5.32 Å². The zero-order chi connectivity index (χ0) is 27.9. The van der Waals surface area contributed by atoms with E-state index in [-0.39, 0.29) is 33.1 Å². The van der Waals surface area contributed by atoms with Crippen molar-refractivity contribution in [2.45, 2.75) is 44.7 Å². The summed E-state index contributed by atoms with van der Waals surface area (Å²) in [5, 5.41) is 3.22. The number of amides is 2. The highest BCUT2D eigenvalue weighted by Crippen LogP contribution is 2.31. The third-order valence-corrected chi connectivity index (χ3v) is 8.65. The van der Waals surface area contributed by atoms with Crippen molar-refractivity contribution in [3.63, 3.8) is 0 Å². The fourth-order valence-corrected chi connectivity index (χ4v) is 5.56. The lowest BCUT2D eigenvalue weighted by atomic mass is 10.1. The quantitative estimate of drug-likeness (QED) is 0.330. The second kappa shape index (κ2) is 13.1. The van der Waals surface area contributed by atoms with Gasteiger partial charge in [0.1, 0.15) is 12.6 Å².